The molecule has 0 radical (unpaired) electrons. The molecule has 1 fully saturated rings. The highest BCUT2D eigenvalue weighted by Crippen LogP contribution is 2.38. The van der Waals surface area contributed by atoms with E-state index in [9.17, 15) is 4.79 Å². The maximum Gasteiger partial charge on any atom is 0.248 e. The molecule has 2 N–H and O–H groups in total. The van der Waals surface area contributed by atoms with Crippen LogP contribution in [0.4, 0.5) is 0 Å². The molecule has 0 saturated carbocycles. The number of morpholine rings is 1. The predicted molar refractivity (Wildman–Crippen MR) is 259 cm³/mol. The lowest BCUT2D eigenvalue weighted by Gasteiger charge is -2.26. The van der Waals surface area contributed by atoms with Gasteiger partial charge in [-0.2, -0.15) is 10.2 Å². The first-order valence-electron chi connectivity index (χ1n) is 23.4. The molecule has 0 spiro atoms. The average molecular weight is 876 g/mol. The lowest BCUT2D eigenvalue weighted by atomic mass is 10.00. The summed E-state index contributed by atoms with van der Waals surface area (Å²) in [7, 11) is 0. The number of nitrogens with two attached hydrogens (primary N) is 1. The third kappa shape index (κ3) is 8.76. The smallest absolute Gasteiger partial charge is 0.248 e. The van der Waals surface area contributed by atoms with E-state index in [4.69, 9.17) is 40.4 Å². The van der Waals surface area contributed by atoms with Gasteiger partial charge in [0.05, 0.1) is 59.1 Å². The topological polar surface area (TPSA) is 149 Å². The van der Waals surface area contributed by atoms with Crippen LogP contribution in [0.2, 0.25) is 0 Å². The van der Waals surface area contributed by atoms with Crippen LogP contribution in [0.1, 0.15) is 79.3 Å². The number of hydrogen-bond acceptors (Lipinski definition) is 9. The van der Waals surface area contributed by atoms with Gasteiger partial charge in [0.15, 0.2) is 5.82 Å². The van der Waals surface area contributed by atoms with Gasteiger partial charge in [-0.25, -0.2) is 9.97 Å². The summed E-state index contributed by atoms with van der Waals surface area (Å²) in [6.07, 6.45) is 13.3. The molecule has 0 atom stereocenters. The van der Waals surface area contributed by atoms with E-state index in [1.807, 2.05) is 47.7 Å². The number of nitrogens with zero attached hydrogens (tertiary/aromatic N) is 10. The summed E-state index contributed by atoms with van der Waals surface area (Å²) in [5.74, 6) is 1.05. The van der Waals surface area contributed by atoms with Gasteiger partial charge >= 0.3 is 0 Å². The van der Waals surface area contributed by atoms with Gasteiger partial charge in [-0.3, -0.25) is 24.0 Å². The van der Waals surface area contributed by atoms with Gasteiger partial charge in [0.2, 0.25) is 5.91 Å². The van der Waals surface area contributed by atoms with E-state index in [1.54, 1.807) is 0 Å². The third-order valence-electron chi connectivity index (χ3n) is 12.7. The van der Waals surface area contributed by atoms with Gasteiger partial charge in [0.1, 0.15) is 17.1 Å². The molecule has 338 valence electrons. The maximum atomic E-state index is 12.8. The number of unbranched alkanes of at least 4 members (excludes halogenated alkanes) is 2. The van der Waals surface area contributed by atoms with Crippen molar-refractivity contribution in [2.45, 2.75) is 99.8 Å². The number of amides is 1. The lowest BCUT2D eigenvalue weighted by Crippen LogP contribution is -2.37. The van der Waals surface area contributed by atoms with Gasteiger partial charge in [0.25, 0.3) is 0 Å². The van der Waals surface area contributed by atoms with E-state index < -0.39 is 5.91 Å². The van der Waals surface area contributed by atoms with Crippen molar-refractivity contribution in [1.82, 2.24) is 48.5 Å². The number of allylic oxidation sites excluding steroid dienone is 2. The van der Waals surface area contributed by atoms with E-state index in [-0.39, 0.29) is 0 Å². The number of aryl methyl sites for hydroxylation is 6. The Labute approximate surface area is 380 Å². The first-order chi connectivity index (χ1) is 31.6. The molecule has 14 heteroatoms. The molecule has 0 bridgehead atoms. The van der Waals surface area contributed by atoms with Crippen LogP contribution in [0.15, 0.2) is 67.0 Å². The molecule has 2 aromatic carbocycles. The molecular formula is C51H61N11O3. The fraction of sp³-hybridized carbons (Fsp3) is 0.412. The molecule has 1 amide bonds. The molecule has 9 rings (SSSR count). The summed E-state index contributed by atoms with van der Waals surface area (Å²) >= 11 is 0. The first-order valence-corrected chi connectivity index (χ1v) is 23.4. The van der Waals surface area contributed by atoms with Crippen molar-refractivity contribution in [3.05, 3.63) is 95.1 Å². The van der Waals surface area contributed by atoms with Crippen molar-refractivity contribution in [3.63, 3.8) is 0 Å². The number of primary amides is 1. The highest BCUT2D eigenvalue weighted by atomic mass is 16.5. The molecule has 1 aliphatic rings. The molecule has 0 aliphatic carbocycles. The Morgan fingerprint density at radius 2 is 1.48 bits per heavy atom. The molecule has 14 nitrogen and oxygen atoms in total. The first kappa shape index (κ1) is 43.9. The summed E-state index contributed by atoms with van der Waals surface area (Å²) in [6, 6.07) is 14.6. The monoisotopic (exact) mass is 875 g/mol. The molecule has 1 saturated heterocycles. The van der Waals surface area contributed by atoms with Crippen LogP contribution >= 0.6 is 0 Å². The Morgan fingerprint density at radius 3 is 2.22 bits per heavy atom. The van der Waals surface area contributed by atoms with E-state index in [0.717, 1.165) is 161 Å². The average Bonchev–Trinajstić information content (AvgIpc) is 4.06. The number of carbonyl (C=O) groups is 1. The number of rotatable bonds is 18. The van der Waals surface area contributed by atoms with Gasteiger partial charge in [-0.1, -0.05) is 31.9 Å². The van der Waals surface area contributed by atoms with Crippen molar-refractivity contribution in [1.29, 1.82) is 0 Å². The maximum absolute atomic E-state index is 12.8. The molecule has 65 heavy (non-hydrogen) atoms. The summed E-state index contributed by atoms with van der Waals surface area (Å²) in [5.41, 5.74) is 17.3. The van der Waals surface area contributed by atoms with Gasteiger partial charge in [0, 0.05) is 85.3 Å². The van der Waals surface area contributed by atoms with Gasteiger partial charge < -0.3 is 24.3 Å². The number of hydrogen-bond donors (Lipinski definition) is 1. The summed E-state index contributed by atoms with van der Waals surface area (Å²) in [4.78, 5) is 30.4. The molecular weight excluding hydrogens is 815 g/mol. The van der Waals surface area contributed by atoms with Crippen LogP contribution < -0.4 is 10.5 Å². The zero-order chi connectivity index (χ0) is 45.2. The summed E-state index contributed by atoms with van der Waals surface area (Å²) < 4.78 is 20.9. The minimum atomic E-state index is -0.431. The highest BCUT2D eigenvalue weighted by molar-refractivity contribution is 6.12. The molecule has 0 unspecified atom stereocenters. The minimum absolute atomic E-state index is 0.431. The Bertz CT molecular complexity index is 3050. The van der Waals surface area contributed by atoms with Crippen LogP contribution in [0.3, 0.4) is 0 Å². The van der Waals surface area contributed by atoms with Crippen LogP contribution in [-0.2, 0) is 37.3 Å². The van der Waals surface area contributed by atoms with Crippen LogP contribution in [-0.4, -0.2) is 93.9 Å². The van der Waals surface area contributed by atoms with Crippen molar-refractivity contribution in [2.24, 2.45) is 5.73 Å². The number of carbonyl (C=O) groups excluding carboxylic acids is 1. The van der Waals surface area contributed by atoms with E-state index in [1.165, 1.54) is 0 Å². The number of aromatic nitrogens is 9. The Balaban J connectivity index is 1.14. The van der Waals surface area contributed by atoms with Crippen molar-refractivity contribution < 1.29 is 14.3 Å². The van der Waals surface area contributed by atoms with Crippen molar-refractivity contribution >= 4 is 49.6 Å². The second-order valence-electron chi connectivity index (χ2n) is 17.4. The van der Waals surface area contributed by atoms with Gasteiger partial charge in [-0.15, -0.1) is 0 Å². The number of fused-ring (bicyclic) bond motifs is 6. The minimum Gasteiger partial charge on any atom is -0.491 e. The van der Waals surface area contributed by atoms with E-state index in [2.05, 4.69) is 84.2 Å². The Morgan fingerprint density at radius 1 is 0.769 bits per heavy atom. The molecule has 6 aromatic heterocycles. The highest BCUT2D eigenvalue weighted by Gasteiger charge is 2.22. The summed E-state index contributed by atoms with van der Waals surface area (Å²) in [6.45, 7) is 20.1. The molecule has 8 aromatic rings. The zero-order valence-corrected chi connectivity index (χ0v) is 38.7. The van der Waals surface area contributed by atoms with Crippen molar-refractivity contribution in [2.75, 3.05) is 39.5 Å². The quantitative estimate of drug-likeness (QED) is 0.0659. The van der Waals surface area contributed by atoms with Crippen molar-refractivity contribution in [3.8, 4) is 28.7 Å². The number of ether oxygens (including phenoxy) is 2. The van der Waals surface area contributed by atoms with Gasteiger partial charge in [-0.05, 0) is 107 Å². The Kier molecular flexibility index (Phi) is 12.8. The largest absolute Gasteiger partial charge is 0.491 e. The summed E-state index contributed by atoms with van der Waals surface area (Å²) in [5, 5.41) is 13.4. The Hall–Kier alpha value is -6.38. The predicted octanol–water partition coefficient (Wildman–Crippen LogP) is 8.97. The fourth-order valence-electron chi connectivity index (χ4n) is 9.57. The number of pyridine rings is 1. The number of benzene rings is 2. The zero-order valence-electron chi connectivity index (χ0n) is 38.7. The SMILES string of the molecule is CCCCCc1cc(C(N)=O)cc2c3cnc(-c4cc(C)nn4CC)cc3n(C/C=C/Cn3c4nc(-c5cc(C)nn5CC)ncc4c4cc(C)cc(OCCCN5CCOCC5)c43)c12. The van der Waals surface area contributed by atoms with Crippen LogP contribution in [0.25, 0.3) is 66.6 Å². The molecule has 7 heterocycles. The lowest BCUT2D eigenvalue weighted by molar-refractivity contribution is 0.0358. The normalized spacial score (nSPS) is 13.8. The van der Waals surface area contributed by atoms with Crippen LogP contribution in [0.5, 0.6) is 5.75 Å². The van der Waals surface area contributed by atoms with E-state index >= 15 is 0 Å². The standard InChI is InChI=1S/C51H61N11O3/c1-7-10-11-15-36-28-37(49(52)63)29-39-40-31-53-42(44-26-34(5)56-61(44)8-2)30-43(40)59(47(36)39)17-12-13-18-60-48-38(24-33(4)25-46(48)65-21-14-16-58-19-22-64-23-20-58)41-32-54-50(55-51(41)60)45-27-35(6)57-62(45)9-3/h12-13,24-32H,7-11,14-23H2,1-6H3,(H2,52,63)/b13-12+. The second-order valence-corrected chi connectivity index (χ2v) is 17.4. The van der Waals surface area contributed by atoms with E-state index in [0.29, 0.717) is 37.6 Å². The molecule has 1 aliphatic heterocycles. The third-order valence-corrected chi connectivity index (χ3v) is 12.7. The fourth-order valence-corrected chi connectivity index (χ4v) is 9.57. The second kappa shape index (κ2) is 19.0. The van der Waals surface area contributed by atoms with Crippen LogP contribution in [0, 0.1) is 20.8 Å².